The van der Waals surface area contributed by atoms with Gasteiger partial charge in [-0.15, -0.1) is 0 Å². The number of nitrogens with one attached hydrogen (secondary N) is 2. The molecular weight excluding hydrogens is 351 g/mol. The molecule has 0 fully saturated rings. The van der Waals surface area contributed by atoms with Gasteiger partial charge in [0.05, 0.1) is 30.2 Å². The van der Waals surface area contributed by atoms with E-state index in [-0.39, 0.29) is 11.5 Å². The maximum absolute atomic E-state index is 13.9. The highest BCUT2D eigenvalue weighted by atomic mass is 19.1. The molecule has 0 saturated carbocycles. The van der Waals surface area contributed by atoms with E-state index in [2.05, 4.69) is 10.6 Å². The summed E-state index contributed by atoms with van der Waals surface area (Å²) in [5.41, 5.74) is 0.681. The lowest BCUT2D eigenvalue weighted by atomic mass is 10.1. The first-order valence-corrected chi connectivity index (χ1v) is 8.79. The zero-order valence-corrected chi connectivity index (χ0v) is 15.6. The molecule has 0 spiro atoms. The number of halogens is 1. The SMILES string of the molecule is CCOc1cc(NC(=O)c2ccccc2F)c(OCC)cc1NC(=O)CC. The average molecular weight is 374 g/mol. The van der Waals surface area contributed by atoms with Gasteiger partial charge in [-0.1, -0.05) is 19.1 Å². The number of hydrogen-bond acceptors (Lipinski definition) is 4. The monoisotopic (exact) mass is 374 g/mol. The highest BCUT2D eigenvalue weighted by molar-refractivity contribution is 6.05. The molecule has 2 amide bonds. The summed E-state index contributed by atoms with van der Waals surface area (Å²) in [5, 5.41) is 5.40. The summed E-state index contributed by atoms with van der Waals surface area (Å²) in [4.78, 5) is 24.2. The van der Waals surface area contributed by atoms with Crippen LogP contribution in [-0.4, -0.2) is 25.0 Å². The van der Waals surface area contributed by atoms with Crippen LogP contribution in [0.4, 0.5) is 15.8 Å². The molecule has 0 saturated heterocycles. The van der Waals surface area contributed by atoms with Crippen molar-refractivity contribution >= 4 is 23.2 Å². The van der Waals surface area contributed by atoms with Crippen LogP contribution < -0.4 is 20.1 Å². The number of amides is 2. The second kappa shape index (κ2) is 9.56. The minimum Gasteiger partial charge on any atom is -0.492 e. The van der Waals surface area contributed by atoms with Crippen LogP contribution in [0.5, 0.6) is 11.5 Å². The Morgan fingerprint density at radius 2 is 1.48 bits per heavy atom. The number of anilines is 2. The van der Waals surface area contributed by atoms with Crippen LogP contribution in [0.3, 0.4) is 0 Å². The van der Waals surface area contributed by atoms with Crippen LogP contribution in [0.15, 0.2) is 36.4 Å². The predicted octanol–water partition coefficient (Wildman–Crippen LogP) is 4.22. The first-order chi connectivity index (χ1) is 13.0. The van der Waals surface area contributed by atoms with E-state index >= 15 is 0 Å². The third-order valence-electron chi connectivity index (χ3n) is 3.64. The minimum atomic E-state index is -0.621. The van der Waals surface area contributed by atoms with E-state index in [4.69, 9.17) is 9.47 Å². The van der Waals surface area contributed by atoms with Gasteiger partial charge in [0.25, 0.3) is 5.91 Å². The summed E-state index contributed by atoms with van der Waals surface area (Å²) in [6.07, 6.45) is 0.307. The third-order valence-corrected chi connectivity index (χ3v) is 3.64. The lowest BCUT2D eigenvalue weighted by Gasteiger charge is -2.17. The van der Waals surface area contributed by atoms with Crippen LogP contribution in [-0.2, 0) is 4.79 Å². The van der Waals surface area contributed by atoms with Crippen molar-refractivity contribution in [2.45, 2.75) is 27.2 Å². The molecule has 0 heterocycles. The van der Waals surface area contributed by atoms with Gasteiger partial charge in [-0.2, -0.15) is 0 Å². The van der Waals surface area contributed by atoms with E-state index in [0.29, 0.717) is 42.5 Å². The second-order valence-corrected chi connectivity index (χ2v) is 5.55. The van der Waals surface area contributed by atoms with Crippen LogP contribution in [0, 0.1) is 5.82 Å². The number of hydrogen-bond donors (Lipinski definition) is 2. The molecular formula is C20H23FN2O4. The van der Waals surface area contributed by atoms with Gasteiger partial charge in [0.1, 0.15) is 17.3 Å². The number of ether oxygens (including phenoxy) is 2. The second-order valence-electron chi connectivity index (χ2n) is 5.55. The van der Waals surface area contributed by atoms with Gasteiger partial charge >= 0.3 is 0 Å². The molecule has 0 aliphatic rings. The van der Waals surface area contributed by atoms with E-state index in [1.165, 1.54) is 18.2 Å². The smallest absolute Gasteiger partial charge is 0.258 e. The fraction of sp³-hybridized carbons (Fsp3) is 0.300. The number of carbonyl (C=O) groups is 2. The molecule has 0 aliphatic heterocycles. The van der Waals surface area contributed by atoms with Gasteiger partial charge in [-0.3, -0.25) is 9.59 Å². The average Bonchev–Trinajstić information content (AvgIpc) is 2.65. The molecule has 6 nitrogen and oxygen atoms in total. The molecule has 7 heteroatoms. The maximum atomic E-state index is 13.9. The molecule has 0 bridgehead atoms. The van der Waals surface area contributed by atoms with E-state index in [9.17, 15) is 14.0 Å². The van der Waals surface area contributed by atoms with Gasteiger partial charge in [0.15, 0.2) is 0 Å². The van der Waals surface area contributed by atoms with Crippen molar-refractivity contribution in [1.29, 1.82) is 0 Å². The summed E-state index contributed by atoms with van der Waals surface area (Å²) < 4.78 is 25.0. The van der Waals surface area contributed by atoms with Crippen molar-refractivity contribution in [2.24, 2.45) is 0 Å². The molecule has 0 unspecified atom stereocenters. The van der Waals surface area contributed by atoms with Gasteiger partial charge in [0, 0.05) is 18.6 Å². The van der Waals surface area contributed by atoms with Gasteiger partial charge in [-0.05, 0) is 26.0 Å². The first-order valence-electron chi connectivity index (χ1n) is 8.79. The lowest BCUT2D eigenvalue weighted by molar-refractivity contribution is -0.115. The van der Waals surface area contributed by atoms with Crippen LogP contribution in [0.1, 0.15) is 37.6 Å². The normalized spacial score (nSPS) is 10.2. The molecule has 2 aromatic carbocycles. The summed E-state index contributed by atoms with van der Waals surface area (Å²) in [6, 6.07) is 8.84. The number of benzene rings is 2. The quantitative estimate of drug-likeness (QED) is 0.725. The van der Waals surface area contributed by atoms with Gasteiger partial charge < -0.3 is 20.1 Å². The Hall–Kier alpha value is -3.09. The standard InChI is InChI=1S/C20H23FN2O4/c1-4-19(24)22-15-11-18(27-6-3)16(12-17(15)26-5-2)23-20(25)13-9-7-8-10-14(13)21/h7-12H,4-6H2,1-3H3,(H,22,24)(H,23,25). The third kappa shape index (κ3) is 5.20. The molecule has 2 N–H and O–H groups in total. The van der Waals surface area contributed by atoms with E-state index in [1.54, 1.807) is 39.0 Å². The molecule has 0 radical (unpaired) electrons. The Morgan fingerprint density at radius 1 is 0.926 bits per heavy atom. The summed E-state index contributed by atoms with van der Waals surface area (Å²) >= 11 is 0. The fourth-order valence-electron chi connectivity index (χ4n) is 2.38. The Balaban J connectivity index is 2.41. The van der Waals surface area contributed by atoms with Crippen LogP contribution >= 0.6 is 0 Å². The molecule has 2 rings (SSSR count). The van der Waals surface area contributed by atoms with Crippen molar-refractivity contribution in [2.75, 3.05) is 23.8 Å². The summed E-state index contributed by atoms with van der Waals surface area (Å²) in [5.74, 6) is -0.683. The maximum Gasteiger partial charge on any atom is 0.258 e. The molecule has 27 heavy (non-hydrogen) atoms. The Bertz CT molecular complexity index is 824. The zero-order chi connectivity index (χ0) is 19.8. The van der Waals surface area contributed by atoms with Crippen molar-refractivity contribution in [1.82, 2.24) is 0 Å². The number of carbonyl (C=O) groups excluding carboxylic acids is 2. The largest absolute Gasteiger partial charge is 0.492 e. The fourth-order valence-corrected chi connectivity index (χ4v) is 2.38. The Kier molecular flexibility index (Phi) is 7.16. The van der Waals surface area contributed by atoms with E-state index < -0.39 is 11.7 Å². The van der Waals surface area contributed by atoms with Crippen LogP contribution in [0.2, 0.25) is 0 Å². The Labute approximate surface area is 157 Å². The van der Waals surface area contributed by atoms with Crippen LogP contribution in [0.25, 0.3) is 0 Å². The minimum absolute atomic E-state index is 0.0822. The van der Waals surface area contributed by atoms with Crippen molar-refractivity contribution in [3.8, 4) is 11.5 Å². The molecule has 0 atom stereocenters. The van der Waals surface area contributed by atoms with Crippen molar-refractivity contribution in [3.63, 3.8) is 0 Å². The summed E-state index contributed by atoms with van der Waals surface area (Å²) in [6.45, 7) is 6.05. The zero-order valence-electron chi connectivity index (χ0n) is 15.6. The number of rotatable bonds is 8. The molecule has 2 aromatic rings. The first kappa shape index (κ1) is 20.2. The van der Waals surface area contributed by atoms with Crippen molar-refractivity contribution in [3.05, 3.63) is 47.8 Å². The molecule has 0 aliphatic carbocycles. The lowest BCUT2D eigenvalue weighted by Crippen LogP contribution is -2.16. The molecule has 144 valence electrons. The van der Waals surface area contributed by atoms with Gasteiger partial charge in [-0.25, -0.2) is 4.39 Å². The topological polar surface area (TPSA) is 76.7 Å². The molecule has 0 aromatic heterocycles. The van der Waals surface area contributed by atoms with E-state index in [0.717, 1.165) is 0 Å². The summed E-state index contributed by atoms with van der Waals surface area (Å²) in [7, 11) is 0. The Morgan fingerprint density at radius 3 is 2.00 bits per heavy atom. The predicted molar refractivity (Wildman–Crippen MR) is 102 cm³/mol. The highest BCUT2D eigenvalue weighted by Crippen LogP contribution is 2.37. The van der Waals surface area contributed by atoms with Crippen molar-refractivity contribution < 1.29 is 23.5 Å². The highest BCUT2D eigenvalue weighted by Gasteiger charge is 2.18. The van der Waals surface area contributed by atoms with E-state index in [1.807, 2.05) is 0 Å². The van der Waals surface area contributed by atoms with Gasteiger partial charge in [0.2, 0.25) is 5.91 Å².